The minimum atomic E-state index is 0.817. The molecule has 0 aliphatic heterocycles. The van der Waals surface area contributed by atoms with E-state index in [1.54, 1.807) is 11.3 Å². The number of aryl methyl sites for hydroxylation is 1. The number of hydrogen-bond acceptors (Lipinski definition) is 3. The molecule has 90 valence electrons. The zero-order valence-corrected chi connectivity index (χ0v) is 13.3. The van der Waals surface area contributed by atoms with Gasteiger partial charge in [-0.2, -0.15) is 0 Å². The Kier molecular flexibility index (Phi) is 4.73. The molecule has 1 heterocycles. The number of aromatic nitrogens is 1. The summed E-state index contributed by atoms with van der Waals surface area (Å²) in [5.41, 5.74) is 2.37. The Hall–Kier alpha value is -0.230. The van der Waals surface area contributed by atoms with Crippen molar-refractivity contribution in [2.75, 3.05) is 0 Å². The van der Waals surface area contributed by atoms with Gasteiger partial charge in [-0.1, -0.05) is 6.07 Å². The zero-order chi connectivity index (χ0) is 12.3. The largest absolute Gasteiger partial charge is 0.307 e. The number of thiazole rings is 1. The highest BCUT2D eigenvalue weighted by Crippen LogP contribution is 2.23. The molecule has 1 N–H and O–H groups in total. The van der Waals surface area contributed by atoms with Crippen molar-refractivity contribution in [2.24, 2.45) is 0 Å². The topological polar surface area (TPSA) is 24.9 Å². The number of hydrogen-bond donors (Lipinski definition) is 1. The third-order valence-electron chi connectivity index (χ3n) is 2.29. The highest BCUT2D eigenvalue weighted by atomic mass is 79.9. The minimum absolute atomic E-state index is 0.817. The summed E-state index contributed by atoms with van der Waals surface area (Å²) in [6, 6.07) is 6.27. The van der Waals surface area contributed by atoms with Crippen molar-refractivity contribution in [1.29, 1.82) is 0 Å². The van der Waals surface area contributed by atoms with Crippen LogP contribution in [0.3, 0.4) is 0 Å². The smallest absolute Gasteiger partial charge is 0.0897 e. The maximum Gasteiger partial charge on any atom is 0.0897 e. The molecule has 1 aromatic carbocycles. The number of nitrogens with zero attached hydrogens (tertiary/aromatic N) is 1. The molecular weight excluding hydrogens is 364 g/mol. The third-order valence-corrected chi connectivity index (χ3v) is 4.99. The van der Waals surface area contributed by atoms with Crippen molar-refractivity contribution in [3.8, 4) is 0 Å². The molecule has 0 unspecified atom stereocenters. The summed E-state index contributed by atoms with van der Waals surface area (Å²) in [5, 5.41) is 6.60. The van der Waals surface area contributed by atoms with E-state index in [2.05, 4.69) is 59.7 Å². The molecule has 2 aromatic rings. The fourth-order valence-electron chi connectivity index (χ4n) is 1.47. The maximum atomic E-state index is 4.41. The van der Waals surface area contributed by atoms with Crippen LogP contribution in [0.25, 0.3) is 0 Å². The average molecular weight is 376 g/mol. The van der Waals surface area contributed by atoms with E-state index in [1.807, 2.05) is 13.0 Å². The van der Waals surface area contributed by atoms with Crippen molar-refractivity contribution in [2.45, 2.75) is 20.0 Å². The van der Waals surface area contributed by atoms with Gasteiger partial charge in [-0.15, -0.1) is 11.3 Å². The van der Waals surface area contributed by atoms with E-state index in [1.165, 1.54) is 5.56 Å². The Morgan fingerprint density at radius 2 is 2.06 bits per heavy atom. The Morgan fingerprint density at radius 1 is 1.24 bits per heavy atom. The number of nitrogens with one attached hydrogen (secondary N) is 1. The molecule has 2 rings (SSSR count). The van der Waals surface area contributed by atoms with Gasteiger partial charge >= 0.3 is 0 Å². The van der Waals surface area contributed by atoms with Gasteiger partial charge in [0.15, 0.2) is 0 Å². The van der Waals surface area contributed by atoms with E-state index in [0.717, 1.165) is 32.7 Å². The number of rotatable bonds is 4. The molecule has 0 radical (unpaired) electrons. The van der Waals surface area contributed by atoms with Gasteiger partial charge in [0.25, 0.3) is 0 Å². The second-order valence-corrected chi connectivity index (χ2v) is 6.48. The SMILES string of the molecule is Cc1nc(CNCc2ccc(Br)c(Br)c2)cs1. The zero-order valence-electron chi connectivity index (χ0n) is 9.34. The second kappa shape index (κ2) is 6.09. The van der Waals surface area contributed by atoms with Gasteiger partial charge in [0.05, 0.1) is 10.7 Å². The third kappa shape index (κ3) is 3.88. The Balaban J connectivity index is 1.87. The van der Waals surface area contributed by atoms with Gasteiger partial charge < -0.3 is 5.32 Å². The second-order valence-electron chi connectivity index (χ2n) is 3.71. The predicted molar refractivity (Wildman–Crippen MR) is 79.2 cm³/mol. The minimum Gasteiger partial charge on any atom is -0.307 e. The quantitative estimate of drug-likeness (QED) is 0.863. The van der Waals surface area contributed by atoms with E-state index in [0.29, 0.717) is 0 Å². The summed E-state index contributed by atoms with van der Waals surface area (Å²) < 4.78 is 2.16. The molecule has 0 fully saturated rings. The van der Waals surface area contributed by atoms with Gasteiger partial charge in [0.1, 0.15) is 0 Å². The first-order valence-electron chi connectivity index (χ1n) is 5.21. The first-order chi connectivity index (χ1) is 8.15. The van der Waals surface area contributed by atoms with Gasteiger partial charge in [-0.05, 0) is 56.5 Å². The molecule has 2 nitrogen and oxygen atoms in total. The van der Waals surface area contributed by atoms with E-state index in [-0.39, 0.29) is 0 Å². The van der Waals surface area contributed by atoms with Crippen LogP contribution in [0.15, 0.2) is 32.5 Å². The van der Waals surface area contributed by atoms with Crippen LogP contribution in [0.2, 0.25) is 0 Å². The maximum absolute atomic E-state index is 4.41. The van der Waals surface area contributed by atoms with Crippen LogP contribution in [0, 0.1) is 6.92 Å². The van der Waals surface area contributed by atoms with Crippen molar-refractivity contribution < 1.29 is 0 Å². The average Bonchev–Trinajstić information content (AvgIpc) is 2.70. The Morgan fingerprint density at radius 3 is 2.71 bits per heavy atom. The van der Waals surface area contributed by atoms with Gasteiger partial charge in [0.2, 0.25) is 0 Å². The van der Waals surface area contributed by atoms with E-state index < -0.39 is 0 Å². The normalized spacial score (nSPS) is 10.8. The molecule has 0 atom stereocenters. The molecular formula is C12H12Br2N2S. The lowest BCUT2D eigenvalue weighted by Gasteiger charge is -2.04. The lowest BCUT2D eigenvalue weighted by Crippen LogP contribution is -2.12. The van der Waals surface area contributed by atoms with Crippen LogP contribution in [0.5, 0.6) is 0 Å². The van der Waals surface area contributed by atoms with Crippen LogP contribution < -0.4 is 5.32 Å². The highest BCUT2D eigenvalue weighted by molar-refractivity contribution is 9.13. The van der Waals surface area contributed by atoms with Crippen LogP contribution >= 0.6 is 43.2 Å². The van der Waals surface area contributed by atoms with Crippen molar-refractivity contribution in [3.63, 3.8) is 0 Å². The monoisotopic (exact) mass is 374 g/mol. The Labute approximate surface area is 122 Å². The lowest BCUT2D eigenvalue weighted by molar-refractivity contribution is 0.681. The van der Waals surface area contributed by atoms with Crippen LogP contribution in [-0.2, 0) is 13.1 Å². The fourth-order valence-corrected chi connectivity index (χ4v) is 2.76. The van der Waals surface area contributed by atoms with E-state index in [4.69, 9.17) is 0 Å². The molecule has 0 saturated heterocycles. The number of benzene rings is 1. The summed E-state index contributed by atoms with van der Waals surface area (Å²) in [7, 11) is 0. The Bertz CT molecular complexity index is 511. The van der Waals surface area contributed by atoms with Crippen LogP contribution in [0.1, 0.15) is 16.3 Å². The summed E-state index contributed by atoms with van der Waals surface area (Å²) >= 11 is 8.65. The summed E-state index contributed by atoms with van der Waals surface area (Å²) in [6.07, 6.45) is 0. The van der Waals surface area contributed by atoms with Crippen molar-refractivity contribution in [3.05, 3.63) is 48.8 Å². The van der Waals surface area contributed by atoms with Crippen molar-refractivity contribution in [1.82, 2.24) is 10.3 Å². The molecule has 0 amide bonds. The fraction of sp³-hybridized carbons (Fsp3) is 0.250. The molecule has 17 heavy (non-hydrogen) atoms. The van der Waals surface area contributed by atoms with E-state index in [9.17, 15) is 0 Å². The highest BCUT2D eigenvalue weighted by Gasteiger charge is 2.00. The number of halogens is 2. The lowest BCUT2D eigenvalue weighted by atomic mass is 10.2. The summed E-state index contributed by atoms with van der Waals surface area (Å²) in [6.45, 7) is 3.69. The molecule has 0 bridgehead atoms. The first kappa shape index (κ1) is 13.2. The van der Waals surface area contributed by atoms with Gasteiger partial charge in [-0.3, -0.25) is 0 Å². The van der Waals surface area contributed by atoms with Crippen LogP contribution in [-0.4, -0.2) is 4.98 Å². The van der Waals surface area contributed by atoms with Crippen molar-refractivity contribution >= 4 is 43.2 Å². The van der Waals surface area contributed by atoms with Crippen LogP contribution in [0.4, 0.5) is 0 Å². The molecule has 1 aromatic heterocycles. The molecule has 0 aliphatic carbocycles. The predicted octanol–water partition coefficient (Wildman–Crippen LogP) is 4.27. The molecule has 0 aliphatic rings. The first-order valence-corrected chi connectivity index (χ1v) is 7.67. The standard InChI is InChI=1S/C12H12Br2N2S/c1-8-16-10(7-17-8)6-15-5-9-2-3-11(13)12(14)4-9/h2-4,7,15H,5-6H2,1H3. The van der Waals surface area contributed by atoms with Gasteiger partial charge in [0, 0.05) is 27.4 Å². The molecule has 0 spiro atoms. The van der Waals surface area contributed by atoms with Gasteiger partial charge in [-0.25, -0.2) is 4.98 Å². The summed E-state index contributed by atoms with van der Waals surface area (Å²) in [4.78, 5) is 4.41. The van der Waals surface area contributed by atoms with E-state index >= 15 is 0 Å². The summed E-state index contributed by atoms with van der Waals surface area (Å²) in [5.74, 6) is 0. The molecule has 0 saturated carbocycles. The molecule has 5 heteroatoms.